The molecule has 2 aliphatic rings. The number of nitrogens with zero attached hydrogens (tertiary/aromatic N) is 1. The van der Waals surface area contributed by atoms with Crippen LogP contribution in [0.5, 0.6) is 0 Å². The van der Waals surface area contributed by atoms with Crippen LogP contribution in [-0.4, -0.2) is 64.2 Å². The van der Waals surface area contributed by atoms with E-state index < -0.39 is 24.1 Å². The third kappa shape index (κ3) is 8.77. The molecule has 4 N–H and O–H groups in total. The topological polar surface area (TPSA) is 122 Å². The highest BCUT2D eigenvalue weighted by atomic mass is 16.5. The molecular formula is C23H43N3O5. The molecule has 8 heteroatoms. The Morgan fingerprint density at radius 1 is 1.19 bits per heavy atom. The molecule has 0 radical (unpaired) electrons. The van der Waals surface area contributed by atoms with Gasteiger partial charge in [0.25, 0.3) is 0 Å². The first-order valence-corrected chi connectivity index (χ1v) is 11.7. The maximum Gasteiger partial charge on any atom is 0.326 e. The third-order valence-electron chi connectivity index (χ3n) is 5.60. The molecule has 180 valence electrons. The molecule has 0 aromatic heterocycles. The van der Waals surface area contributed by atoms with E-state index in [0.717, 1.165) is 32.1 Å². The Labute approximate surface area is 187 Å². The molecule has 1 aliphatic heterocycles. The number of amides is 1. The van der Waals surface area contributed by atoms with Gasteiger partial charge in [-0.1, -0.05) is 26.2 Å². The molecule has 1 saturated heterocycles. The predicted octanol–water partition coefficient (Wildman–Crippen LogP) is 2.68. The Morgan fingerprint density at radius 2 is 1.77 bits per heavy atom. The molecule has 2 rings (SSSR count). The van der Waals surface area contributed by atoms with Crippen molar-refractivity contribution in [2.24, 2.45) is 11.7 Å². The second-order valence-electron chi connectivity index (χ2n) is 9.79. The maximum atomic E-state index is 13.1. The Morgan fingerprint density at radius 3 is 2.29 bits per heavy atom. The predicted molar refractivity (Wildman–Crippen MR) is 120 cm³/mol. The minimum Gasteiger partial charge on any atom is -0.480 e. The molecule has 1 saturated carbocycles. The van der Waals surface area contributed by atoms with Crippen molar-refractivity contribution in [1.29, 1.82) is 0 Å². The number of likely N-dealkylation sites (tertiary alicyclic amines) is 1. The summed E-state index contributed by atoms with van der Waals surface area (Å²) in [6.07, 6.45) is 5.87. The minimum atomic E-state index is -0.935. The Balaban J connectivity index is 0.000000861. The van der Waals surface area contributed by atoms with Crippen molar-refractivity contribution < 1.29 is 24.2 Å². The maximum absolute atomic E-state index is 13.1. The van der Waals surface area contributed by atoms with E-state index in [9.17, 15) is 19.5 Å². The summed E-state index contributed by atoms with van der Waals surface area (Å²) in [5.41, 5.74) is 5.35. The number of nitrogens with one attached hydrogen (secondary N) is 1. The Bertz CT molecular complexity index is 599. The van der Waals surface area contributed by atoms with Gasteiger partial charge in [0, 0.05) is 11.6 Å². The van der Waals surface area contributed by atoms with Crippen molar-refractivity contribution in [3.05, 3.63) is 0 Å². The molecule has 0 aromatic carbocycles. The SMILES string of the molecule is CC(C)(C)N.CCC[C@H](N[C@H](C)C(=O)N1[C@H](C(=O)O)C[C@H]2CCCC[C@@H]21)C(=O)OCC. The molecule has 0 aromatic rings. The summed E-state index contributed by atoms with van der Waals surface area (Å²) in [6.45, 7) is 11.6. The molecule has 1 aliphatic carbocycles. The van der Waals surface area contributed by atoms with Crippen molar-refractivity contribution in [3.63, 3.8) is 0 Å². The lowest BCUT2D eigenvalue weighted by Gasteiger charge is -2.35. The standard InChI is InChI=1S/C19H32N2O5.C4H11N/c1-4-8-14(19(25)26-5-2)20-12(3)17(22)21-15-10-7-6-9-13(15)11-16(21)18(23)24;1-4(2,3)5/h12-16,20H,4-11H2,1-3H3,(H,23,24);5H2,1-3H3/t12-,13-,14+,15+,16+;/m1./s1. The van der Waals surface area contributed by atoms with E-state index in [-0.39, 0.29) is 29.4 Å². The van der Waals surface area contributed by atoms with Crippen molar-refractivity contribution in [2.75, 3.05) is 6.61 Å². The van der Waals surface area contributed by atoms with Crippen LogP contribution in [0.4, 0.5) is 0 Å². The van der Waals surface area contributed by atoms with Gasteiger partial charge in [-0.05, 0) is 66.2 Å². The van der Waals surface area contributed by atoms with Gasteiger partial charge in [0.15, 0.2) is 0 Å². The monoisotopic (exact) mass is 441 g/mol. The zero-order valence-electron chi connectivity index (χ0n) is 20.1. The molecule has 0 spiro atoms. The van der Waals surface area contributed by atoms with Crippen LogP contribution in [0.25, 0.3) is 0 Å². The van der Waals surface area contributed by atoms with Gasteiger partial charge in [-0.3, -0.25) is 14.9 Å². The van der Waals surface area contributed by atoms with Gasteiger partial charge in [-0.15, -0.1) is 0 Å². The number of carboxylic acid groups (broad SMARTS) is 1. The highest BCUT2D eigenvalue weighted by Gasteiger charge is 2.48. The highest BCUT2D eigenvalue weighted by Crippen LogP contribution is 2.40. The van der Waals surface area contributed by atoms with Crippen LogP contribution in [0.2, 0.25) is 0 Å². The van der Waals surface area contributed by atoms with Gasteiger partial charge in [0.05, 0.1) is 12.6 Å². The second-order valence-corrected chi connectivity index (χ2v) is 9.79. The normalized spacial score (nSPS) is 25.0. The lowest BCUT2D eigenvalue weighted by molar-refractivity contribution is -0.152. The van der Waals surface area contributed by atoms with Crippen molar-refractivity contribution >= 4 is 17.8 Å². The first kappa shape index (κ1) is 27.4. The molecule has 1 heterocycles. The second kappa shape index (κ2) is 12.4. The Hall–Kier alpha value is -1.67. The van der Waals surface area contributed by atoms with Gasteiger partial charge in [0.1, 0.15) is 12.1 Å². The number of carboxylic acids is 1. The third-order valence-corrected chi connectivity index (χ3v) is 5.60. The highest BCUT2D eigenvalue weighted by molar-refractivity contribution is 5.88. The summed E-state index contributed by atoms with van der Waals surface area (Å²) in [5, 5.41) is 12.7. The molecule has 1 amide bonds. The zero-order chi connectivity index (χ0) is 23.8. The van der Waals surface area contributed by atoms with Crippen LogP contribution < -0.4 is 11.1 Å². The molecule has 8 nitrogen and oxygen atoms in total. The van der Waals surface area contributed by atoms with Gasteiger partial charge in [-0.2, -0.15) is 0 Å². The number of fused-ring (bicyclic) bond motifs is 1. The van der Waals surface area contributed by atoms with E-state index >= 15 is 0 Å². The van der Waals surface area contributed by atoms with Crippen LogP contribution in [0.1, 0.15) is 86.5 Å². The van der Waals surface area contributed by atoms with E-state index in [4.69, 9.17) is 10.5 Å². The average molecular weight is 442 g/mol. The van der Waals surface area contributed by atoms with Gasteiger partial charge < -0.3 is 20.5 Å². The van der Waals surface area contributed by atoms with Crippen LogP contribution in [0.15, 0.2) is 0 Å². The number of nitrogens with two attached hydrogens (primary N) is 1. The first-order valence-electron chi connectivity index (χ1n) is 11.7. The zero-order valence-corrected chi connectivity index (χ0v) is 20.1. The Kier molecular flexibility index (Phi) is 10.9. The molecular weight excluding hydrogens is 398 g/mol. The largest absolute Gasteiger partial charge is 0.480 e. The summed E-state index contributed by atoms with van der Waals surface area (Å²) >= 11 is 0. The van der Waals surface area contributed by atoms with Crippen molar-refractivity contribution in [1.82, 2.24) is 10.2 Å². The van der Waals surface area contributed by atoms with Gasteiger partial charge >= 0.3 is 11.9 Å². The molecule has 31 heavy (non-hydrogen) atoms. The summed E-state index contributed by atoms with van der Waals surface area (Å²) in [5.74, 6) is -1.24. The first-order chi connectivity index (χ1) is 14.4. The number of carbonyl (C=O) groups excluding carboxylic acids is 2. The number of ether oxygens (including phenoxy) is 1. The van der Waals surface area contributed by atoms with Crippen LogP contribution >= 0.6 is 0 Å². The van der Waals surface area contributed by atoms with Crippen LogP contribution in [0.3, 0.4) is 0 Å². The van der Waals surface area contributed by atoms with Crippen molar-refractivity contribution in [2.45, 2.75) is 116 Å². The van der Waals surface area contributed by atoms with E-state index in [2.05, 4.69) is 5.32 Å². The number of hydrogen-bond acceptors (Lipinski definition) is 6. The molecule has 0 unspecified atom stereocenters. The summed E-state index contributed by atoms with van der Waals surface area (Å²) < 4.78 is 5.09. The fourth-order valence-corrected chi connectivity index (χ4v) is 4.39. The van der Waals surface area contributed by atoms with Crippen molar-refractivity contribution in [3.8, 4) is 0 Å². The van der Waals surface area contributed by atoms with E-state index in [0.29, 0.717) is 19.4 Å². The number of rotatable bonds is 8. The van der Waals surface area contributed by atoms with Gasteiger partial charge in [0.2, 0.25) is 5.91 Å². The molecule has 0 bridgehead atoms. The molecule has 2 fully saturated rings. The number of esters is 1. The minimum absolute atomic E-state index is 0. The summed E-state index contributed by atoms with van der Waals surface area (Å²) in [6, 6.07) is -1.92. The lowest BCUT2D eigenvalue weighted by atomic mass is 9.84. The van der Waals surface area contributed by atoms with Crippen LogP contribution in [0, 0.1) is 5.92 Å². The number of carbonyl (C=O) groups is 3. The smallest absolute Gasteiger partial charge is 0.326 e. The quantitative estimate of drug-likeness (QED) is 0.495. The fraction of sp³-hybridized carbons (Fsp3) is 0.870. The fourth-order valence-electron chi connectivity index (χ4n) is 4.39. The van der Waals surface area contributed by atoms with E-state index in [1.807, 2.05) is 27.7 Å². The lowest BCUT2D eigenvalue weighted by Crippen LogP contribution is -2.55. The number of hydrogen-bond donors (Lipinski definition) is 3. The summed E-state index contributed by atoms with van der Waals surface area (Å²) in [7, 11) is 0. The van der Waals surface area contributed by atoms with Crippen LogP contribution in [-0.2, 0) is 19.1 Å². The van der Waals surface area contributed by atoms with E-state index in [1.54, 1.807) is 18.7 Å². The summed E-state index contributed by atoms with van der Waals surface area (Å²) in [4.78, 5) is 38.5. The van der Waals surface area contributed by atoms with E-state index in [1.165, 1.54) is 0 Å². The average Bonchev–Trinajstić information content (AvgIpc) is 3.05. The number of aliphatic carboxylic acids is 1. The molecule has 5 atom stereocenters. The van der Waals surface area contributed by atoms with Gasteiger partial charge in [-0.25, -0.2) is 4.79 Å².